The minimum Gasteiger partial charge on any atom is -0.321 e. The van der Waals surface area contributed by atoms with Crippen LogP contribution in [-0.2, 0) is 18.4 Å². The maximum Gasteiger partial charge on any atom is 0.123 e. The van der Waals surface area contributed by atoms with E-state index < -0.39 is 5.54 Å². The molecule has 2 aromatic carbocycles. The summed E-state index contributed by atoms with van der Waals surface area (Å²) >= 11 is 0. The van der Waals surface area contributed by atoms with Crippen molar-refractivity contribution in [3.8, 4) is 0 Å². The van der Waals surface area contributed by atoms with Gasteiger partial charge < -0.3 is 5.73 Å². The molecule has 0 saturated heterocycles. The largest absolute Gasteiger partial charge is 0.321 e. The molecule has 2 aromatic rings. The van der Waals surface area contributed by atoms with Gasteiger partial charge in [0.1, 0.15) is 11.6 Å². The summed E-state index contributed by atoms with van der Waals surface area (Å²) in [4.78, 5) is 0. The minimum absolute atomic E-state index is 0.217. The summed E-state index contributed by atoms with van der Waals surface area (Å²) < 4.78 is 26.4. The van der Waals surface area contributed by atoms with Crippen LogP contribution in [0.15, 0.2) is 36.4 Å². The lowest BCUT2D eigenvalue weighted by Gasteiger charge is -2.26. The maximum atomic E-state index is 13.3. The van der Waals surface area contributed by atoms with Crippen molar-refractivity contribution in [3.05, 3.63) is 70.3 Å². The van der Waals surface area contributed by atoms with Gasteiger partial charge in [-0.25, -0.2) is 8.78 Å². The van der Waals surface area contributed by atoms with Crippen molar-refractivity contribution in [1.29, 1.82) is 0 Å². The molecule has 0 heterocycles. The Morgan fingerprint density at radius 1 is 1.10 bits per heavy atom. The van der Waals surface area contributed by atoms with E-state index in [0.717, 1.165) is 35.1 Å². The van der Waals surface area contributed by atoms with Gasteiger partial charge in [0.2, 0.25) is 0 Å². The van der Waals surface area contributed by atoms with Crippen molar-refractivity contribution in [2.75, 3.05) is 0 Å². The van der Waals surface area contributed by atoms with E-state index in [1.807, 2.05) is 6.92 Å². The monoisotopic (exact) mass is 273 g/mol. The van der Waals surface area contributed by atoms with Crippen LogP contribution in [0.3, 0.4) is 0 Å². The standard InChI is InChI=1S/C17H17F2N/c1-11-8-14(18)3-2-13(11)10-17(20)7-6-12-9-15(19)4-5-16(12)17/h2-5,8-9H,6-7,10,20H2,1H3. The number of nitrogens with two attached hydrogens (primary N) is 1. The Morgan fingerprint density at radius 2 is 1.80 bits per heavy atom. The van der Waals surface area contributed by atoms with Crippen LogP contribution in [0.5, 0.6) is 0 Å². The van der Waals surface area contributed by atoms with E-state index in [9.17, 15) is 8.78 Å². The zero-order chi connectivity index (χ0) is 14.3. The molecule has 1 aliphatic carbocycles. The first kappa shape index (κ1) is 13.3. The lowest BCUT2D eigenvalue weighted by molar-refractivity contribution is 0.437. The summed E-state index contributed by atoms with van der Waals surface area (Å²) in [5.41, 5.74) is 10.0. The van der Waals surface area contributed by atoms with E-state index in [4.69, 9.17) is 5.73 Å². The van der Waals surface area contributed by atoms with E-state index >= 15 is 0 Å². The van der Waals surface area contributed by atoms with Gasteiger partial charge in [-0.3, -0.25) is 0 Å². The maximum absolute atomic E-state index is 13.3. The summed E-state index contributed by atoms with van der Waals surface area (Å²) in [6.07, 6.45) is 2.24. The van der Waals surface area contributed by atoms with Crippen molar-refractivity contribution in [3.63, 3.8) is 0 Å². The molecule has 0 bridgehead atoms. The number of rotatable bonds is 2. The van der Waals surface area contributed by atoms with Gasteiger partial charge >= 0.3 is 0 Å². The molecule has 0 spiro atoms. The second-order valence-corrected chi connectivity index (χ2v) is 5.71. The number of hydrogen-bond acceptors (Lipinski definition) is 1. The fraction of sp³-hybridized carbons (Fsp3) is 0.294. The molecule has 0 fully saturated rings. The molecule has 0 saturated carbocycles. The summed E-state index contributed by atoms with van der Waals surface area (Å²) in [5.74, 6) is -0.447. The van der Waals surface area contributed by atoms with Crippen LogP contribution in [0.1, 0.15) is 28.7 Å². The van der Waals surface area contributed by atoms with Crippen LogP contribution in [0.25, 0.3) is 0 Å². The van der Waals surface area contributed by atoms with Gasteiger partial charge in [0, 0.05) is 5.54 Å². The second kappa shape index (κ2) is 4.67. The average Bonchev–Trinajstić information content (AvgIpc) is 2.70. The van der Waals surface area contributed by atoms with E-state index in [1.54, 1.807) is 18.2 Å². The first-order chi connectivity index (χ1) is 9.48. The van der Waals surface area contributed by atoms with Gasteiger partial charge in [-0.1, -0.05) is 12.1 Å². The van der Waals surface area contributed by atoms with Gasteiger partial charge in [-0.15, -0.1) is 0 Å². The second-order valence-electron chi connectivity index (χ2n) is 5.71. The quantitative estimate of drug-likeness (QED) is 0.888. The van der Waals surface area contributed by atoms with Crippen LogP contribution in [0.2, 0.25) is 0 Å². The van der Waals surface area contributed by atoms with E-state index in [1.165, 1.54) is 18.2 Å². The molecule has 1 aliphatic rings. The summed E-state index contributed by atoms with van der Waals surface area (Å²) in [6.45, 7) is 1.89. The Bertz CT molecular complexity index is 666. The predicted molar refractivity (Wildman–Crippen MR) is 75.4 cm³/mol. The molecule has 0 aromatic heterocycles. The molecule has 0 radical (unpaired) electrons. The van der Waals surface area contributed by atoms with Crippen LogP contribution < -0.4 is 5.73 Å². The number of hydrogen-bond donors (Lipinski definition) is 1. The van der Waals surface area contributed by atoms with E-state index in [2.05, 4.69) is 0 Å². The molecule has 20 heavy (non-hydrogen) atoms. The number of fused-ring (bicyclic) bond motifs is 1. The Morgan fingerprint density at radius 3 is 2.55 bits per heavy atom. The normalized spacial score (nSPS) is 21.0. The highest BCUT2D eigenvalue weighted by molar-refractivity contribution is 5.41. The van der Waals surface area contributed by atoms with Crippen molar-refractivity contribution in [2.45, 2.75) is 31.7 Å². The van der Waals surface area contributed by atoms with Crippen LogP contribution in [0.4, 0.5) is 8.78 Å². The van der Waals surface area contributed by atoms with Crippen molar-refractivity contribution in [1.82, 2.24) is 0 Å². The van der Waals surface area contributed by atoms with Gasteiger partial charge in [-0.05, 0) is 72.7 Å². The third-order valence-electron chi connectivity index (χ3n) is 4.25. The third-order valence-corrected chi connectivity index (χ3v) is 4.25. The van der Waals surface area contributed by atoms with Gasteiger partial charge in [0.25, 0.3) is 0 Å². The molecule has 3 heteroatoms. The number of aryl methyl sites for hydroxylation is 2. The number of benzene rings is 2. The highest BCUT2D eigenvalue weighted by atomic mass is 19.1. The van der Waals surface area contributed by atoms with Crippen molar-refractivity contribution < 1.29 is 8.78 Å². The Hall–Kier alpha value is -1.74. The molecule has 3 rings (SSSR count). The topological polar surface area (TPSA) is 26.0 Å². The molecule has 0 amide bonds. The Labute approximate surface area is 117 Å². The highest BCUT2D eigenvalue weighted by Crippen LogP contribution is 2.38. The van der Waals surface area contributed by atoms with Gasteiger partial charge in [-0.2, -0.15) is 0 Å². The highest BCUT2D eigenvalue weighted by Gasteiger charge is 2.35. The zero-order valence-corrected chi connectivity index (χ0v) is 11.4. The fourth-order valence-electron chi connectivity index (χ4n) is 3.13. The first-order valence-corrected chi connectivity index (χ1v) is 6.81. The lowest BCUT2D eigenvalue weighted by Crippen LogP contribution is -2.36. The smallest absolute Gasteiger partial charge is 0.123 e. The SMILES string of the molecule is Cc1cc(F)ccc1CC1(N)CCc2cc(F)ccc21. The Balaban J connectivity index is 1.96. The third kappa shape index (κ3) is 2.22. The summed E-state index contributed by atoms with van der Waals surface area (Å²) in [7, 11) is 0. The van der Waals surface area contributed by atoms with Crippen LogP contribution >= 0.6 is 0 Å². The molecule has 104 valence electrons. The average molecular weight is 273 g/mol. The molecule has 1 unspecified atom stereocenters. The fourth-order valence-corrected chi connectivity index (χ4v) is 3.13. The molecule has 1 nitrogen and oxygen atoms in total. The molecular formula is C17H17F2N. The minimum atomic E-state index is -0.481. The van der Waals surface area contributed by atoms with E-state index in [0.29, 0.717) is 6.42 Å². The van der Waals surface area contributed by atoms with Crippen LogP contribution in [-0.4, -0.2) is 0 Å². The number of halogens is 2. The predicted octanol–water partition coefficient (Wildman–Crippen LogP) is 3.62. The van der Waals surface area contributed by atoms with Crippen molar-refractivity contribution in [2.24, 2.45) is 5.73 Å². The first-order valence-electron chi connectivity index (χ1n) is 6.81. The van der Waals surface area contributed by atoms with Crippen LogP contribution in [0, 0.1) is 18.6 Å². The lowest BCUT2D eigenvalue weighted by atomic mass is 9.85. The molecule has 2 N–H and O–H groups in total. The summed E-state index contributed by atoms with van der Waals surface area (Å²) in [5, 5.41) is 0. The molecule has 1 atom stereocenters. The molecule has 0 aliphatic heterocycles. The molecular weight excluding hydrogens is 256 g/mol. The Kier molecular flexibility index (Phi) is 3.09. The van der Waals surface area contributed by atoms with Gasteiger partial charge in [0.05, 0.1) is 0 Å². The zero-order valence-electron chi connectivity index (χ0n) is 11.4. The summed E-state index contributed by atoms with van der Waals surface area (Å²) in [6, 6.07) is 9.60. The van der Waals surface area contributed by atoms with Crippen molar-refractivity contribution >= 4 is 0 Å². The van der Waals surface area contributed by atoms with Gasteiger partial charge in [0.15, 0.2) is 0 Å². The van der Waals surface area contributed by atoms with E-state index in [-0.39, 0.29) is 11.6 Å².